The van der Waals surface area contributed by atoms with Crippen molar-refractivity contribution in [3.05, 3.63) is 35.9 Å². The minimum Gasteiger partial charge on any atom is -0.445 e. The van der Waals surface area contributed by atoms with E-state index in [1.807, 2.05) is 30.3 Å². The molecule has 4 N–H and O–H groups in total. The van der Waals surface area contributed by atoms with Gasteiger partial charge in [-0.25, -0.2) is 4.79 Å². The lowest BCUT2D eigenvalue weighted by Crippen LogP contribution is -2.48. The van der Waals surface area contributed by atoms with Crippen molar-refractivity contribution in [1.29, 1.82) is 0 Å². The van der Waals surface area contributed by atoms with Gasteiger partial charge in [-0.05, 0) is 17.9 Å². The largest absolute Gasteiger partial charge is 0.445 e. The number of nitrogens with two attached hydrogens (primary N) is 1. The van der Waals surface area contributed by atoms with Crippen molar-refractivity contribution in [2.24, 2.45) is 11.7 Å². The van der Waals surface area contributed by atoms with Crippen LogP contribution in [0.25, 0.3) is 0 Å². The van der Waals surface area contributed by atoms with Gasteiger partial charge in [0.1, 0.15) is 19.2 Å². The van der Waals surface area contributed by atoms with Crippen molar-refractivity contribution in [3.63, 3.8) is 0 Å². The highest BCUT2D eigenvalue weighted by Crippen LogP contribution is 2.33. The van der Waals surface area contributed by atoms with Crippen molar-refractivity contribution in [2.75, 3.05) is 6.54 Å². The van der Waals surface area contributed by atoms with Gasteiger partial charge in [-0.2, -0.15) is 0 Å². The van der Waals surface area contributed by atoms with Crippen LogP contribution in [0.2, 0.25) is 0 Å². The van der Waals surface area contributed by atoms with Crippen LogP contribution in [0, 0.1) is 5.92 Å². The van der Waals surface area contributed by atoms with Gasteiger partial charge in [0, 0.05) is 0 Å². The lowest BCUT2D eigenvalue weighted by Gasteiger charge is -2.15. The monoisotopic (exact) mass is 319 g/mol. The summed E-state index contributed by atoms with van der Waals surface area (Å²) >= 11 is 0. The van der Waals surface area contributed by atoms with Crippen molar-refractivity contribution in [1.82, 2.24) is 10.6 Å². The van der Waals surface area contributed by atoms with Crippen molar-refractivity contribution < 1.29 is 19.1 Å². The van der Waals surface area contributed by atoms with Crippen LogP contribution in [0.1, 0.15) is 24.8 Å². The second-order valence-corrected chi connectivity index (χ2v) is 5.62. The number of carbonyl (C=O) groups is 3. The van der Waals surface area contributed by atoms with Crippen LogP contribution >= 0.6 is 0 Å². The van der Waals surface area contributed by atoms with E-state index < -0.39 is 23.9 Å². The van der Waals surface area contributed by atoms with Crippen LogP contribution in [0.3, 0.4) is 0 Å². The van der Waals surface area contributed by atoms with Crippen LogP contribution in [0.4, 0.5) is 4.79 Å². The maximum absolute atomic E-state index is 11.7. The molecule has 0 saturated heterocycles. The van der Waals surface area contributed by atoms with E-state index in [-0.39, 0.29) is 13.2 Å². The zero-order valence-corrected chi connectivity index (χ0v) is 12.8. The molecule has 0 aromatic heterocycles. The van der Waals surface area contributed by atoms with Crippen LogP contribution in [0.15, 0.2) is 30.3 Å². The first-order chi connectivity index (χ1) is 11.0. The van der Waals surface area contributed by atoms with Gasteiger partial charge < -0.3 is 21.1 Å². The Balaban J connectivity index is 1.66. The Hall–Kier alpha value is -2.57. The molecule has 0 heterocycles. The van der Waals surface area contributed by atoms with Gasteiger partial charge >= 0.3 is 6.09 Å². The van der Waals surface area contributed by atoms with Crippen molar-refractivity contribution in [2.45, 2.75) is 31.9 Å². The molecule has 1 atom stereocenters. The van der Waals surface area contributed by atoms with Gasteiger partial charge in [0.2, 0.25) is 11.8 Å². The summed E-state index contributed by atoms with van der Waals surface area (Å²) in [5.74, 6) is -0.570. The van der Waals surface area contributed by atoms with E-state index in [9.17, 15) is 14.4 Å². The Morgan fingerprint density at radius 3 is 2.52 bits per heavy atom. The maximum Gasteiger partial charge on any atom is 0.407 e. The number of carbonyl (C=O) groups excluding carboxylic acids is 3. The Labute approximate surface area is 134 Å². The summed E-state index contributed by atoms with van der Waals surface area (Å²) in [6.45, 7) is -0.137. The topological polar surface area (TPSA) is 111 Å². The van der Waals surface area contributed by atoms with Gasteiger partial charge in [-0.3, -0.25) is 9.59 Å². The van der Waals surface area contributed by atoms with Crippen molar-refractivity contribution >= 4 is 17.9 Å². The Morgan fingerprint density at radius 1 is 1.22 bits per heavy atom. The molecule has 1 aliphatic carbocycles. The van der Waals surface area contributed by atoms with Gasteiger partial charge in [0.25, 0.3) is 0 Å². The van der Waals surface area contributed by atoms with Crippen LogP contribution in [0.5, 0.6) is 0 Å². The summed E-state index contributed by atoms with van der Waals surface area (Å²) in [4.78, 5) is 34.6. The number of amides is 3. The predicted molar refractivity (Wildman–Crippen MR) is 83.1 cm³/mol. The second kappa shape index (κ2) is 8.17. The molecule has 1 aliphatic rings. The average Bonchev–Trinajstić information content (AvgIpc) is 3.35. The van der Waals surface area contributed by atoms with Crippen LogP contribution in [-0.4, -0.2) is 30.5 Å². The number of nitrogens with one attached hydrogen (secondary N) is 2. The number of ether oxygens (including phenoxy) is 1. The minimum atomic E-state index is -0.693. The van der Waals surface area contributed by atoms with Gasteiger partial charge in [0.15, 0.2) is 0 Å². The molecule has 7 nitrogen and oxygen atoms in total. The Morgan fingerprint density at radius 2 is 1.91 bits per heavy atom. The highest BCUT2D eigenvalue weighted by molar-refractivity contribution is 5.88. The summed E-state index contributed by atoms with van der Waals surface area (Å²) in [5.41, 5.74) is 6.12. The third-order valence-corrected chi connectivity index (χ3v) is 3.55. The first-order valence-electron chi connectivity index (χ1n) is 7.58. The zero-order chi connectivity index (χ0) is 16.7. The van der Waals surface area contributed by atoms with E-state index in [4.69, 9.17) is 10.5 Å². The Kier molecular flexibility index (Phi) is 5.96. The molecule has 1 aromatic rings. The molecule has 0 aliphatic heterocycles. The number of hydrogen-bond acceptors (Lipinski definition) is 4. The molecule has 23 heavy (non-hydrogen) atoms. The second-order valence-electron chi connectivity index (χ2n) is 5.62. The molecule has 0 spiro atoms. The van der Waals surface area contributed by atoms with E-state index in [0.29, 0.717) is 12.3 Å². The van der Waals surface area contributed by atoms with Crippen molar-refractivity contribution in [3.8, 4) is 0 Å². The molecule has 0 bridgehead atoms. The lowest BCUT2D eigenvalue weighted by atomic mass is 10.1. The highest BCUT2D eigenvalue weighted by atomic mass is 16.5. The van der Waals surface area contributed by atoms with Crippen LogP contribution in [-0.2, 0) is 20.9 Å². The summed E-state index contributed by atoms with van der Waals surface area (Å²) in [5, 5.41) is 4.87. The summed E-state index contributed by atoms with van der Waals surface area (Å²) in [6, 6.07) is 8.52. The smallest absolute Gasteiger partial charge is 0.407 e. The first-order valence-corrected chi connectivity index (χ1v) is 7.58. The summed E-state index contributed by atoms with van der Waals surface area (Å²) in [7, 11) is 0. The third kappa shape index (κ3) is 6.37. The van der Waals surface area contributed by atoms with E-state index in [0.717, 1.165) is 18.4 Å². The molecule has 1 fully saturated rings. The number of primary amides is 1. The number of hydrogen-bond donors (Lipinski definition) is 3. The fraction of sp³-hybridized carbons (Fsp3) is 0.438. The molecule has 0 unspecified atom stereocenters. The molecule has 124 valence electrons. The molecule has 2 rings (SSSR count). The summed E-state index contributed by atoms with van der Waals surface area (Å²) < 4.78 is 4.98. The normalized spacial score (nSPS) is 14.6. The average molecular weight is 319 g/mol. The molecular weight excluding hydrogens is 298 g/mol. The number of rotatable bonds is 8. The molecule has 1 aromatic carbocycles. The van der Waals surface area contributed by atoms with E-state index in [1.165, 1.54) is 0 Å². The number of alkyl carbamates (subject to hydrolysis) is 1. The summed E-state index contributed by atoms with van der Waals surface area (Å²) in [6.07, 6.45) is 1.98. The third-order valence-electron chi connectivity index (χ3n) is 3.55. The van der Waals surface area contributed by atoms with E-state index in [2.05, 4.69) is 10.6 Å². The maximum atomic E-state index is 11.7. The fourth-order valence-corrected chi connectivity index (χ4v) is 2.11. The van der Waals surface area contributed by atoms with E-state index >= 15 is 0 Å². The molecular formula is C16H21N3O4. The standard InChI is InChI=1S/C16H21N3O4/c17-15(21)13(8-11-6-7-11)19-14(20)9-18-16(22)23-10-12-4-2-1-3-5-12/h1-5,11,13H,6-10H2,(H2,17,21)(H,18,22)(H,19,20)/t13-/m0/s1. The van der Waals surface area contributed by atoms with Gasteiger partial charge in [-0.1, -0.05) is 43.2 Å². The first kappa shape index (κ1) is 16.8. The van der Waals surface area contributed by atoms with E-state index in [1.54, 1.807) is 0 Å². The number of benzene rings is 1. The molecule has 0 radical (unpaired) electrons. The molecule has 1 saturated carbocycles. The van der Waals surface area contributed by atoms with Gasteiger partial charge in [-0.15, -0.1) is 0 Å². The predicted octanol–water partition coefficient (Wildman–Crippen LogP) is 0.683. The van der Waals surface area contributed by atoms with Crippen LogP contribution < -0.4 is 16.4 Å². The highest BCUT2D eigenvalue weighted by Gasteiger charge is 2.29. The fourth-order valence-electron chi connectivity index (χ4n) is 2.11. The van der Waals surface area contributed by atoms with Gasteiger partial charge in [0.05, 0.1) is 0 Å². The minimum absolute atomic E-state index is 0.125. The SMILES string of the molecule is NC(=O)[C@H](CC1CC1)NC(=O)CNC(=O)OCc1ccccc1. The molecule has 7 heteroatoms. The zero-order valence-electron chi connectivity index (χ0n) is 12.8. The lowest BCUT2D eigenvalue weighted by molar-refractivity contribution is -0.127. The Bertz CT molecular complexity index is 558. The molecule has 3 amide bonds. The quantitative estimate of drug-likeness (QED) is 0.654.